The lowest BCUT2D eigenvalue weighted by Gasteiger charge is -2.09. The number of hydrogen-bond donors (Lipinski definition) is 1. The first-order chi connectivity index (χ1) is 13.1. The van der Waals surface area contributed by atoms with Gasteiger partial charge in [0.15, 0.2) is 6.61 Å². The molecule has 0 aliphatic heterocycles. The number of hydrogen-bond acceptors (Lipinski definition) is 7. The standard InChI is InChI=1S/C18H16N6O3/c1-2-15-14(9-20-18-21-11-22-24(15)18)17(26)27-10-16(25)23-13-5-3-12(4-6-13)7-8-19/h3-6,9,11H,2,7,10H2,1H3,(H,23,25). The molecule has 1 aromatic carbocycles. The number of nitriles is 1. The normalized spacial score (nSPS) is 10.4. The monoisotopic (exact) mass is 364 g/mol. The van der Waals surface area contributed by atoms with Crippen molar-refractivity contribution in [1.29, 1.82) is 5.26 Å². The van der Waals surface area contributed by atoms with Gasteiger partial charge in [0.05, 0.1) is 23.7 Å². The zero-order valence-electron chi connectivity index (χ0n) is 14.5. The third kappa shape index (κ3) is 4.07. The van der Waals surface area contributed by atoms with Gasteiger partial charge in [0, 0.05) is 11.9 Å². The van der Waals surface area contributed by atoms with Crippen molar-refractivity contribution in [2.45, 2.75) is 19.8 Å². The van der Waals surface area contributed by atoms with Gasteiger partial charge >= 0.3 is 5.97 Å². The van der Waals surface area contributed by atoms with Crippen LogP contribution in [0.15, 0.2) is 36.8 Å². The zero-order valence-corrected chi connectivity index (χ0v) is 14.5. The van der Waals surface area contributed by atoms with Gasteiger partial charge < -0.3 is 10.1 Å². The predicted molar refractivity (Wildman–Crippen MR) is 94.8 cm³/mol. The minimum Gasteiger partial charge on any atom is -0.452 e. The van der Waals surface area contributed by atoms with Crippen molar-refractivity contribution in [2.75, 3.05) is 11.9 Å². The summed E-state index contributed by atoms with van der Waals surface area (Å²) in [4.78, 5) is 32.4. The number of carbonyl (C=O) groups is 2. The molecule has 0 fully saturated rings. The summed E-state index contributed by atoms with van der Waals surface area (Å²) < 4.78 is 6.57. The molecule has 0 unspecified atom stereocenters. The van der Waals surface area contributed by atoms with E-state index in [1.54, 1.807) is 24.3 Å². The van der Waals surface area contributed by atoms with Crippen LogP contribution >= 0.6 is 0 Å². The fraction of sp³-hybridized carbons (Fsp3) is 0.222. The smallest absolute Gasteiger partial charge is 0.342 e. The Morgan fingerprint density at radius 3 is 2.74 bits per heavy atom. The Kier molecular flexibility index (Phi) is 5.37. The molecule has 0 radical (unpaired) electrons. The van der Waals surface area contributed by atoms with E-state index < -0.39 is 18.5 Å². The fourth-order valence-electron chi connectivity index (χ4n) is 2.54. The van der Waals surface area contributed by atoms with Gasteiger partial charge in [-0.05, 0) is 24.1 Å². The summed E-state index contributed by atoms with van der Waals surface area (Å²) in [5, 5.41) is 15.3. The number of nitrogens with one attached hydrogen (secondary N) is 1. The maximum absolute atomic E-state index is 12.3. The highest BCUT2D eigenvalue weighted by molar-refractivity contribution is 5.95. The number of benzene rings is 1. The molecule has 2 heterocycles. The number of aromatic nitrogens is 4. The summed E-state index contributed by atoms with van der Waals surface area (Å²) >= 11 is 0. The predicted octanol–water partition coefficient (Wildman–Crippen LogP) is 1.55. The quantitative estimate of drug-likeness (QED) is 0.658. The minimum absolute atomic E-state index is 0.240. The summed E-state index contributed by atoms with van der Waals surface area (Å²) in [6, 6.07) is 8.92. The van der Waals surface area contributed by atoms with Crippen molar-refractivity contribution in [1.82, 2.24) is 19.6 Å². The summed E-state index contributed by atoms with van der Waals surface area (Å²) in [5.41, 5.74) is 2.25. The Labute approximate surface area is 154 Å². The largest absolute Gasteiger partial charge is 0.452 e. The number of esters is 1. The van der Waals surface area contributed by atoms with Crippen molar-refractivity contribution in [2.24, 2.45) is 0 Å². The number of fused-ring (bicyclic) bond motifs is 1. The second-order valence-electron chi connectivity index (χ2n) is 5.60. The van der Waals surface area contributed by atoms with Crippen LogP contribution in [0.4, 0.5) is 5.69 Å². The van der Waals surface area contributed by atoms with Crippen LogP contribution in [0.3, 0.4) is 0 Å². The van der Waals surface area contributed by atoms with Gasteiger partial charge in [0.25, 0.3) is 11.7 Å². The molecule has 0 bridgehead atoms. The van der Waals surface area contributed by atoms with E-state index in [0.717, 1.165) is 5.56 Å². The number of ether oxygens (including phenoxy) is 1. The molecular formula is C18H16N6O3. The van der Waals surface area contributed by atoms with E-state index in [1.165, 1.54) is 17.0 Å². The van der Waals surface area contributed by atoms with Gasteiger partial charge in [-0.2, -0.15) is 15.3 Å². The number of rotatable bonds is 6. The molecule has 1 amide bonds. The van der Waals surface area contributed by atoms with Gasteiger partial charge in [-0.3, -0.25) is 4.79 Å². The molecule has 136 valence electrons. The minimum atomic E-state index is -0.656. The molecule has 0 spiro atoms. The van der Waals surface area contributed by atoms with Crippen molar-refractivity contribution in [3.05, 3.63) is 53.6 Å². The van der Waals surface area contributed by atoms with Gasteiger partial charge in [0.2, 0.25) is 0 Å². The first-order valence-electron chi connectivity index (χ1n) is 8.23. The lowest BCUT2D eigenvalue weighted by atomic mass is 10.1. The van der Waals surface area contributed by atoms with Crippen LogP contribution in [0.2, 0.25) is 0 Å². The Balaban J connectivity index is 1.62. The van der Waals surface area contributed by atoms with Gasteiger partial charge in [-0.1, -0.05) is 19.1 Å². The van der Waals surface area contributed by atoms with E-state index in [4.69, 9.17) is 10.00 Å². The zero-order chi connectivity index (χ0) is 19.2. The van der Waals surface area contributed by atoms with Crippen molar-refractivity contribution < 1.29 is 14.3 Å². The molecule has 0 atom stereocenters. The van der Waals surface area contributed by atoms with E-state index in [-0.39, 0.29) is 5.56 Å². The van der Waals surface area contributed by atoms with Crippen LogP contribution in [0, 0.1) is 11.3 Å². The Morgan fingerprint density at radius 2 is 2.04 bits per heavy atom. The fourth-order valence-corrected chi connectivity index (χ4v) is 2.54. The molecule has 27 heavy (non-hydrogen) atoms. The molecule has 1 N–H and O–H groups in total. The maximum atomic E-state index is 12.3. The van der Waals surface area contributed by atoms with E-state index in [9.17, 15) is 9.59 Å². The number of nitrogens with zero attached hydrogens (tertiary/aromatic N) is 5. The molecule has 2 aromatic heterocycles. The van der Waals surface area contributed by atoms with E-state index in [0.29, 0.717) is 30.0 Å². The van der Waals surface area contributed by atoms with E-state index >= 15 is 0 Å². The van der Waals surface area contributed by atoms with E-state index in [2.05, 4.69) is 26.5 Å². The van der Waals surface area contributed by atoms with Crippen molar-refractivity contribution in [3.63, 3.8) is 0 Å². The average Bonchev–Trinajstić information content (AvgIpc) is 3.16. The molecule has 0 aliphatic carbocycles. The second-order valence-corrected chi connectivity index (χ2v) is 5.60. The number of carbonyl (C=O) groups excluding carboxylic acids is 2. The van der Waals surface area contributed by atoms with Crippen LogP contribution in [-0.2, 0) is 22.4 Å². The highest BCUT2D eigenvalue weighted by Gasteiger charge is 2.18. The van der Waals surface area contributed by atoms with E-state index in [1.807, 2.05) is 6.92 Å². The third-order valence-corrected chi connectivity index (χ3v) is 3.82. The van der Waals surface area contributed by atoms with Crippen LogP contribution in [0.1, 0.15) is 28.5 Å². The summed E-state index contributed by atoms with van der Waals surface area (Å²) in [5.74, 6) is -0.735. The molecule has 9 nitrogen and oxygen atoms in total. The summed E-state index contributed by atoms with van der Waals surface area (Å²) in [6.07, 6.45) is 3.55. The SMILES string of the molecule is CCc1c(C(=O)OCC(=O)Nc2ccc(CC#N)cc2)cnc2ncnn12. The first-order valence-corrected chi connectivity index (χ1v) is 8.23. The van der Waals surface area contributed by atoms with Crippen molar-refractivity contribution in [3.8, 4) is 6.07 Å². The number of amides is 1. The Bertz CT molecular complexity index is 1020. The van der Waals surface area contributed by atoms with Crippen molar-refractivity contribution >= 4 is 23.3 Å². The Hall–Kier alpha value is -3.80. The summed E-state index contributed by atoms with van der Waals surface area (Å²) in [7, 11) is 0. The molecule has 0 aliphatic rings. The van der Waals surface area contributed by atoms with Gasteiger partial charge in [-0.25, -0.2) is 14.3 Å². The number of aryl methyl sites for hydroxylation is 1. The number of anilines is 1. The van der Waals surface area contributed by atoms with Crippen LogP contribution in [-0.4, -0.2) is 38.1 Å². The topological polar surface area (TPSA) is 122 Å². The van der Waals surface area contributed by atoms with Crippen LogP contribution in [0.25, 0.3) is 5.78 Å². The lowest BCUT2D eigenvalue weighted by molar-refractivity contribution is -0.119. The lowest BCUT2D eigenvalue weighted by Crippen LogP contribution is -2.22. The second kappa shape index (κ2) is 8.05. The summed E-state index contributed by atoms with van der Waals surface area (Å²) in [6.45, 7) is 1.44. The average molecular weight is 364 g/mol. The van der Waals surface area contributed by atoms with Crippen LogP contribution in [0.5, 0.6) is 0 Å². The van der Waals surface area contributed by atoms with Gasteiger partial charge in [0.1, 0.15) is 6.33 Å². The molecule has 0 saturated carbocycles. The first kappa shape index (κ1) is 18.0. The highest BCUT2D eigenvalue weighted by Crippen LogP contribution is 2.12. The molecule has 9 heteroatoms. The van der Waals surface area contributed by atoms with Crippen LogP contribution < -0.4 is 5.32 Å². The molecule has 3 aromatic rings. The molecular weight excluding hydrogens is 348 g/mol. The van der Waals surface area contributed by atoms with Gasteiger partial charge in [-0.15, -0.1) is 0 Å². The molecule has 0 saturated heterocycles. The Morgan fingerprint density at radius 1 is 1.26 bits per heavy atom. The highest BCUT2D eigenvalue weighted by atomic mass is 16.5. The third-order valence-electron chi connectivity index (χ3n) is 3.82. The maximum Gasteiger partial charge on any atom is 0.342 e. The molecule has 3 rings (SSSR count).